The van der Waals surface area contributed by atoms with E-state index in [1.165, 1.54) is 17.2 Å². The first-order valence-corrected chi connectivity index (χ1v) is 19.7. The maximum absolute atomic E-state index is 16.1. The summed E-state index contributed by atoms with van der Waals surface area (Å²) in [7, 11) is 0. The smallest absolute Gasteiger partial charge is 0.386 e. The average Bonchev–Trinajstić information content (AvgIpc) is 3.75. The zero-order valence-electron chi connectivity index (χ0n) is 23.4. The molecule has 0 radical (unpaired) electrons. The number of alkyl halides is 1. The number of aromatic nitrogens is 7. The van der Waals surface area contributed by atoms with Gasteiger partial charge < -0.3 is 25.3 Å². The van der Waals surface area contributed by atoms with E-state index in [0.29, 0.717) is 10.7 Å². The number of H-pyrrole nitrogens is 1. The lowest BCUT2D eigenvalue weighted by Gasteiger charge is -2.26. The predicted molar refractivity (Wildman–Crippen MR) is 164 cm³/mol. The molecule has 3 saturated heterocycles. The fourth-order valence-electron chi connectivity index (χ4n) is 5.63. The second-order valence-corrected chi connectivity index (χ2v) is 17.2. The van der Waals surface area contributed by atoms with Crippen LogP contribution in [0.3, 0.4) is 0 Å². The Hall–Kier alpha value is -2.07. The van der Waals surface area contributed by atoms with Crippen LogP contribution in [0.4, 0.5) is 10.2 Å². The number of thiol groups is 2. The topological polar surface area (TPSA) is 238 Å². The molecular formula is C22H25FN8O10P2S3. The van der Waals surface area contributed by atoms with Gasteiger partial charge in [0.15, 0.2) is 29.4 Å². The first kappa shape index (κ1) is 32.5. The summed E-state index contributed by atoms with van der Waals surface area (Å²) < 4.78 is 83.3. The molecule has 0 spiro atoms. The number of aryl methyl sites for hydroxylation is 1. The number of nitrogen functional groups attached to an aromatic ring is 1. The number of nitrogens with zero attached hydrogens (tertiary/aromatic N) is 6. The lowest BCUT2D eigenvalue weighted by molar-refractivity contribution is -0.0452. The predicted octanol–water partition coefficient (Wildman–Crippen LogP) is 2.29. The highest BCUT2D eigenvalue weighted by Crippen LogP contribution is 2.61. The molecule has 4 aromatic heterocycles. The third-order valence-electron chi connectivity index (χ3n) is 7.71. The summed E-state index contributed by atoms with van der Waals surface area (Å²) in [6, 6.07) is 0. The molecule has 46 heavy (non-hydrogen) atoms. The number of nitrogens with two attached hydrogens (primary N) is 1. The van der Waals surface area contributed by atoms with Crippen LogP contribution in [0, 0.1) is 12.8 Å². The van der Waals surface area contributed by atoms with Crippen LogP contribution >= 0.6 is 49.6 Å². The first-order valence-electron chi connectivity index (χ1n) is 13.5. The number of ether oxygens (including phenoxy) is 2. The normalized spacial score (nSPS) is 37.2. The average molecular weight is 739 g/mol. The van der Waals surface area contributed by atoms with Crippen LogP contribution in [0.5, 0.6) is 0 Å². The van der Waals surface area contributed by atoms with E-state index in [-0.39, 0.29) is 28.0 Å². The van der Waals surface area contributed by atoms with E-state index < -0.39 is 87.8 Å². The molecule has 2 bridgehead atoms. The number of halogens is 1. The number of anilines is 1. The van der Waals surface area contributed by atoms with Crippen LogP contribution in [-0.2, 0) is 36.7 Å². The summed E-state index contributed by atoms with van der Waals surface area (Å²) in [4.78, 5) is 31.9. The molecule has 10 atom stereocenters. The molecule has 0 amide bonds. The lowest BCUT2D eigenvalue weighted by Crippen LogP contribution is -2.33. The van der Waals surface area contributed by atoms with E-state index >= 15 is 4.39 Å². The Kier molecular flexibility index (Phi) is 8.55. The Morgan fingerprint density at radius 1 is 1.09 bits per heavy atom. The second kappa shape index (κ2) is 12.1. The van der Waals surface area contributed by atoms with E-state index in [0.717, 1.165) is 11.5 Å². The minimum absolute atomic E-state index is 0.0424. The maximum Gasteiger partial charge on any atom is 0.386 e. The summed E-state index contributed by atoms with van der Waals surface area (Å²) in [5.41, 5.74) is 5.99. The number of aliphatic hydroxyl groups excluding tert-OH is 1. The van der Waals surface area contributed by atoms with E-state index in [1.807, 2.05) is 0 Å². The summed E-state index contributed by atoms with van der Waals surface area (Å²) in [6.07, 6.45) is -7.35. The van der Waals surface area contributed by atoms with Gasteiger partial charge in [0.05, 0.1) is 37.1 Å². The van der Waals surface area contributed by atoms with Crippen molar-refractivity contribution in [3.63, 3.8) is 0 Å². The van der Waals surface area contributed by atoms with Crippen molar-refractivity contribution in [2.24, 2.45) is 5.92 Å². The van der Waals surface area contributed by atoms with Gasteiger partial charge in [-0.15, -0.1) is 0 Å². The molecule has 3 fully saturated rings. The van der Waals surface area contributed by atoms with Gasteiger partial charge in [-0.3, -0.25) is 27.5 Å². The molecule has 0 aliphatic carbocycles. The fourth-order valence-corrected chi connectivity index (χ4v) is 9.49. The third kappa shape index (κ3) is 5.81. The van der Waals surface area contributed by atoms with Crippen molar-refractivity contribution in [2.45, 2.75) is 49.8 Å². The van der Waals surface area contributed by atoms with Crippen LogP contribution < -0.4 is 11.3 Å². The molecule has 4 N–H and O–H groups in total. The molecule has 24 heteroatoms. The van der Waals surface area contributed by atoms with Gasteiger partial charge >= 0.3 is 13.6 Å². The SMILES string of the molecule is Cc1nc2c([C@@H]3O[C@@H]4CO[P@@](=O)(S)O[C@H]5[C@@H](F)[C@H](n6cnc7c(N)ncnc76)O[C@@H]5CO[P@@](=O)(S)O[C@@H]3[C@@H]4CO)snc2c(=O)[nH]1. The number of hydrogen-bond donors (Lipinski definition) is 5. The number of nitrogens with one attached hydrogen (secondary N) is 1. The van der Waals surface area contributed by atoms with Crippen molar-refractivity contribution in [2.75, 3.05) is 25.6 Å². The summed E-state index contributed by atoms with van der Waals surface area (Å²) in [6.45, 7) is -8.79. The van der Waals surface area contributed by atoms with Gasteiger partial charge in [-0.2, -0.15) is 4.37 Å². The quantitative estimate of drug-likeness (QED) is 0.150. The zero-order chi connectivity index (χ0) is 32.5. The molecule has 3 aliphatic heterocycles. The zero-order valence-corrected chi connectivity index (χ0v) is 27.7. The Morgan fingerprint density at radius 2 is 1.80 bits per heavy atom. The minimum Gasteiger partial charge on any atom is -0.396 e. The van der Waals surface area contributed by atoms with Gasteiger partial charge in [0.1, 0.15) is 47.6 Å². The van der Waals surface area contributed by atoms with Crippen LogP contribution in [0.2, 0.25) is 0 Å². The van der Waals surface area contributed by atoms with Gasteiger partial charge in [-0.25, -0.2) is 33.5 Å². The van der Waals surface area contributed by atoms with Crippen LogP contribution in [0.1, 0.15) is 23.0 Å². The molecule has 0 saturated carbocycles. The number of aromatic amines is 1. The highest BCUT2D eigenvalue weighted by atomic mass is 32.7. The van der Waals surface area contributed by atoms with Crippen LogP contribution in [-0.4, -0.2) is 89.4 Å². The second-order valence-electron chi connectivity index (χ2n) is 10.6. The van der Waals surface area contributed by atoms with Crippen molar-refractivity contribution in [3.8, 4) is 0 Å². The Balaban J connectivity index is 1.22. The number of aliphatic hydroxyl groups is 1. The first-order chi connectivity index (χ1) is 21.9. The number of hydrogen-bond acceptors (Lipinski definition) is 17. The van der Waals surface area contributed by atoms with Crippen molar-refractivity contribution in [1.29, 1.82) is 0 Å². The summed E-state index contributed by atoms with van der Waals surface area (Å²) >= 11 is 9.10. The highest BCUT2D eigenvalue weighted by Gasteiger charge is 2.54. The molecule has 0 aromatic carbocycles. The maximum atomic E-state index is 16.1. The Labute approximate surface area is 272 Å². The van der Waals surface area contributed by atoms with Crippen molar-refractivity contribution in [1.82, 2.24) is 33.9 Å². The van der Waals surface area contributed by atoms with Crippen LogP contribution in [0.15, 0.2) is 17.4 Å². The molecular weight excluding hydrogens is 713 g/mol. The fraction of sp³-hybridized carbons (Fsp3) is 0.545. The summed E-state index contributed by atoms with van der Waals surface area (Å²) in [5, 5.41) is 10.4. The van der Waals surface area contributed by atoms with Gasteiger partial charge in [0, 0.05) is 5.92 Å². The van der Waals surface area contributed by atoms with Gasteiger partial charge in [0.2, 0.25) is 0 Å². The Bertz CT molecular complexity index is 1970. The Morgan fingerprint density at radius 3 is 2.54 bits per heavy atom. The molecule has 18 nitrogen and oxygen atoms in total. The third-order valence-corrected chi connectivity index (χ3v) is 11.8. The van der Waals surface area contributed by atoms with E-state index in [1.54, 1.807) is 6.92 Å². The highest BCUT2D eigenvalue weighted by molar-refractivity contribution is 8.44. The monoisotopic (exact) mass is 738 g/mol. The van der Waals surface area contributed by atoms with E-state index in [4.69, 9.17) is 33.3 Å². The number of rotatable bonds is 3. The summed E-state index contributed by atoms with van der Waals surface area (Å²) in [5.74, 6) is -0.579. The standard InChI is InChI=1S/C22H25FN8O10P2S3/c1-7-28-12-13(21(33)29-7)30-46-18(12)17-15-8(2-32)9(38-17)3-36-43(35,45)41-16-10(4-37-42(34,44)40-15)39-22(11(16)23)31-6-27-14-19(24)25-5-26-20(14)31/h5-6,8-11,15-17,22,32H,2-4H2,1H3,(H,34,44)(H,35,45)(H2,24,25,26)(H,28,29,33)/t8-,9-,10-,11-,15-,16-,17-,22-,42-,43-/m1/s1. The molecule has 4 aromatic rings. The molecule has 0 unspecified atom stereocenters. The van der Waals surface area contributed by atoms with Gasteiger partial charge in [-0.05, 0) is 18.5 Å². The number of fused-ring (bicyclic) bond motifs is 5. The number of imidazole rings is 1. The van der Waals surface area contributed by atoms with Crippen molar-refractivity contribution >= 4 is 77.6 Å². The van der Waals surface area contributed by atoms with Crippen molar-refractivity contribution < 1.29 is 46.2 Å². The van der Waals surface area contributed by atoms with Gasteiger partial charge in [-0.1, -0.05) is 24.5 Å². The van der Waals surface area contributed by atoms with Gasteiger partial charge in [0.25, 0.3) is 5.56 Å². The molecule has 248 valence electrons. The van der Waals surface area contributed by atoms with E-state index in [9.17, 15) is 19.0 Å². The van der Waals surface area contributed by atoms with Crippen molar-refractivity contribution in [3.05, 3.63) is 33.7 Å². The largest absolute Gasteiger partial charge is 0.396 e. The molecule has 7 heterocycles. The van der Waals surface area contributed by atoms with Crippen LogP contribution in [0.25, 0.3) is 22.2 Å². The van der Waals surface area contributed by atoms with E-state index in [2.05, 4.69) is 53.8 Å². The lowest BCUT2D eigenvalue weighted by atomic mass is 9.96. The molecule has 7 rings (SSSR count). The molecule has 3 aliphatic rings. The minimum atomic E-state index is -4.36.